The lowest BCUT2D eigenvalue weighted by molar-refractivity contribution is -0.386. The van der Waals surface area contributed by atoms with E-state index in [0.717, 1.165) is 36.8 Å². The highest BCUT2D eigenvalue weighted by atomic mass is 16.6. The first kappa shape index (κ1) is 18.4. The smallest absolute Gasteiger partial charge is 0.314 e. The molecule has 0 saturated heterocycles. The van der Waals surface area contributed by atoms with Crippen LogP contribution in [-0.4, -0.2) is 29.0 Å². The Bertz CT molecular complexity index is 776. The molecule has 1 aromatic rings. The van der Waals surface area contributed by atoms with Crippen molar-refractivity contribution in [2.75, 3.05) is 13.2 Å². The van der Waals surface area contributed by atoms with E-state index in [1.165, 1.54) is 0 Å². The number of fused-ring (bicyclic) bond motifs is 5. The number of aliphatic hydroxyl groups excluding tert-OH is 1. The van der Waals surface area contributed by atoms with Crippen molar-refractivity contribution in [1.82, 2.24) is 0 Å². The fourth-order valence-electron chi connectivity index (χ4n) is 5.96. The van der Waals surface area contributed by atoms with Crippen molar-refractivity contribution in [2.45, 2.75) is 57.8 Å². The molecule has 0 aromatic heterocycles. The van der Waals surface area contributed by atoms with E-state index in [-0.39, 0.29) is 29.2 Å². The Morgan fingerprint density at radius 3 is 2.85 bits per heavy atom. The molecular formula is C21H27NO5. The fraction of sp³-hybridized carbons (Fsp3) is 0.667. The summed E-state index contributed by atoms with van der Waals surface area (Å²) < 4.78 is 5.59. The number of nitrogens with zero attached hydrogens (tertiary/aromatic N) is 1. The molecule has 3 aliphatic rings. The van der Waals surface area contributed by atoms with E-state index in [1.54, 1.807) is 6.07 Å². The summed E-state index contributed by atoms with van der Waals surface area (Å²) in [6, 6.07) is 3.73. The number of benzene rings is 1. The average molecular weight is 373 g/mol. The third-order valence-corrected chi connectivity index (χ3v) is 7.30. The van der Waals surface area contributed by atoms with E-state index in [4.69, 9.17) is 9.84 Å². The van der Waals surface area contributed by atoms with Gasteiger partial charge < -0.3 is 9.84 Å². The van der Waals surface area contributed by atoms with Gasteiger partial charge in [0.2, 0.25) is 0 Å². The van der Waals surface area contributed by atoms with Gasteiger partial charge in [0.1, 0.15) is 5.78 Å². The maximum atomic E-state index is 12.4. The van der Waals surface area contributed by atoms with Gasteiger partial charge in [0.15, 0.2) is 5.75 Å². The molecule has 1 N–H and O–H groups in total. The zero-order chi connectivity index (χ0) is 19.2. The van der Waals surface area contributed by atoms with Gasteiger partial charge in [-0.1, -0.05) is 13.0 Å². The second kappa shape index (κ2) is 6.89. The molecule has 2 saturated carbocycles. The molecule has 4 atom stereocenters. The van der Waals surface area contributed by atoms with Crippen molar-refractivity contribution in [3.8, 4) is 5.75 Å². The van der Waals surface area contributed by atoms with Crippen LogP contribution in [0.5, 0.6) is 5.75 Å². The van der Waals surface area contributed by atoms with Crippen molar-refractivity contribution < 1.29 is 19.6 Å². The Morgan fingerprint density at radius 1 is 1.30 bits per heavy atom. The molecule has 0 amide bonds. The number of nitro benzene ring substituents is 1. The van der Waals surface area contributed by atoms with Crippen molar-refractivity contribution in [2.24, 2.45) is 17.3 Å². The molecule has 0 aliphatic heterocycles. The average Bonchev–Trinajstić information content (AvgIpc) is 2.96. The summed E-state index contributed by atoms with van der Waals surface area (Å²) >= 11 is 0. The molecule has 0 bridgehead atoms. The SMILES string of the molecule is C[C@]12CC[C@@H]3c4ccc(OCCCO)c([N+](=O)[O-])c4CC[C@H]3[C@@H]1CCC2=O. The summed E-state index contributed by atoms with van der Waals surface area (Å²) in [6.45, 7) is 2.41. The van der Waals surface area contributed by atoms with Gasteiger partial charge in [0.05, 0.1) is 11.5 Å². The van der Waals surface area contributed by atoms with Gasteiger partial charge in [0, 0.05) is 30.4 Å². The van der Waals surface area contributed by atoms with E-state index in [9.17, 15) is 14.9 Å². The number of carbonyl (C=O) groups is 1. The van der Waals surface area contributed by atoms with Crippen LogP contribution < -0.4 is 4.74 Å². The lowest BCUT2D eigenvalue weighted by Crippen LogP contribution is -2.42. The molecular weight excluding hydrogens is 346 g/mol. The third kappa shape index (κ3) is 2.85. The van der Waals surface area contributed by atoms with Crippen molar-refractivity contribution >= 4 is 11.5 Å². The standard InChI is InChI=1S/C21H27NO5/c1-21-10-9-14-13-5-7-18(27-12-2-11-23)20(22(25)26)16(13)4-3-15(14)17(21)6-8-19(21)24/h5,7,14-15,17,23H,2-4,6,8-12H2,1H3/t14-,15-,17+,21+/m1/s1. The number of ketones is 1. The zero-order valence-electron chi connectivity index (χ0n) is 15.8. The molecule has 27 heavy (non-hydrogen) atoms. The number of ether oxygens (including phenoxy) is 1. The quantitative estimate of drug-likeness (QED) is 0.482. The first-order valence-electron chi connectivity index (χ1n) is 10.0. The second-order valence-corrected chi connectivity index (χ2v) is 8.50. The van der Waals surface area contributed by atoms with Crippen LogP contribution in [0.2, 0.25) is 0 Å². The highest BCUT2D eigenvalue weighted by Gasteiger charge is 2.55. The van der Waals surface area contributed by atoms with E-state index >= 15 is 0 Å². The topological polar surface area (TPSA) is 89.7 Å². The third-order valence-electron chi connectivity index (χ3n) is 7.30. The molecule has 2 fully saturated rings. The highest BCUT2D eigenvalue weighted by Crippen LogP contribution is 2.60. The zero-order valence-corrected chi connectivity index (χ0v) is 15.8. The van der Waals surface area contributed by atoms with Crippen LogP contribution >= 0.6 is 0 Å². The number of hydrogen-bond donors (Lipinski definition) is 1. The van der Waals surface area contributed by atoms with Gasteiger partial charge in [0.25, 0.3) is 0 Å². The number of aliphatic hydroxyl groups is 1. The molecule has 6 nitrogen and oxygen atoms in total. The summed E-state index contributed by atoms with van der Waals surface area (Å²) in [4.78, 5) is 23.9. The predicted octanol–water partition coefficient (Wildman–Crippen LogP) is 3.78. The number of rotatable bonds is 5. The van der Waals surface area contributed by atoms with Gasteiger partial charge in [-0.15, -0.1) is 0 Å². The number of hydrogen-bond acceptors (Lipinski definition) is 5. The first-order chi connectivity index (χ1) is 13.0. The van der Waals surface area contributed by atoms with Crippen LogP contribution in [-0.2, 0) is 11.2 Å². The molecule has 1 aromatic carbocycles. The summed E-state index contributed by atoms with van der Waals surface area (Å²) in [5, 5.41) is 20.7. The van der Waals surface area contributed by atoms with Gasteiger partial charge in [-0.05, 0) is 61.5 Å². The van der Waals surface area contributed by atoms with Crippen LogP contribution in [0.3, 0.4) is 0 Å². The lowest BCUT2D eigenvalue weighted by Gasteiger charge is -2.48. The Balaban J connectivity index is 1.68. The minimum Gasteiger partial charge on any atom is -0.487 e. The number of carbonyl (C=O) groups excluding carboxylic acids is 1. The van der Waals surface area contributed by atoms with Gasteiger partial charge in [-0.2, -0.15) is 0 Å². The molecule has 0 heterocycles. The minimum atomic E-state index is -0.320. The first-order valence-corrected chi connectivity index (χ1v) is 10.0. The van der Waals surface area contributed by atoms with Crippen LogP contribution in [0.1, 0.15) is 62.5 Å². The van der Waals surface area contributed by atoms with Crippen LogP contribution in [0.4, 0.5) is 5.69 Å². The highest BCUT2D eigenvalue weighted by molar-refractivity contribution is 5.87. The molecule has 0 radical (unpaired) electrons. The predicted molar refractivity (Wildman–Crippen MR) is 99.9 cm³/mol. The second-order valence-electron chi connectivity index (χ2n) is 8.50. The van der Waals surface area contributed by atoms with E-state index in [2.05, 4.69) is 6.92 Å². The van der Waals surface area contributed by atoms with E-state index in [0.29, 0.717) is 48.5 Å². The number of nitro groups is 1. The Kier molecular flexibility index (Phi) is 4.70. The molecule has 6 heteroatoms. The summed E-state index contributed by atoms with van der Waals surface area (Å²) in [6.07, 6.45) is 5.51. The fourth-order valence-corrected chi connectivity index (χ4v) is 5.96. The largest absolute Gasteiger partial charge is 0.487 e. The molecule has 0 unspecified atom stereocenters. The van der Waals surface area contributed by atoms with Gasteiger partial charge in [-0.3, -0.25) is 14.9 Å². The molecule has 0 spiro atoms. The van der Waals surface area contributed by atoms with Crippen molar-refractivity contribution in [3.63, 3.8) is 0 Å². The Morgan fingerprint density at radius 2 is 2.11 bits per heavy atom. The van der Waals surface area contributed by atoms with Gasteiger partial charge in [-0.25, -0.2) is 0 Å². The van der Waals surface area contributed by atoms with Crippen LogP contribution in [0.25, 0.3) is 0 Å². The van der Waals surface area contributed by atoms with E-state index < -0.39 is 0 Å². The van der Waals surface area contributed by atoms with Crippen LogP contribution in [0, 0.1) is 27.4 Å². The minimum absolute atomic E-state index is 0.00136. The molecule has 146 valence electrons. The summed E-state index contributed by atoms with van der Waals surface area (Å²) in [5.41, 5.74) is 1.82. The van der Waals surface area contributed by atoms with Crippen molar-refractivity contribution in [1.29, 1.82) is 0 Å². The number of Topliss-reactive ketones (excluding diaryl/α,β-unsaturated/α-hetero) is 1. The maximum Gasteiger partial charge on any atom is 0.314 e. The lowest BCUT2D eigenvalue weighted by atomic mass is 9.55. The molecule has 3 aliphatic carbocycles. The van der Waals surface area contributed by atoms with E-state index in [1.807, 2.05) is 6.07 Å². The normalized spacial score (nSPS) is 31.8. The van der Waals surface area contributed by atoms with Gasteiger partial charge >= 0.3 is 5.69 Å². The maximum absolute atomic E-state index is 12.4. The molecule has 4 rings (SSSR count). The van der Waals surface area contributed by atoms with Crippen LogP contribution in [0.15, 0.2) is 12.1 Å². The van der Waals surface area contributed by atoms with Crippen molar-refractivity contribution in [3.05, 3.63) is 33.4 Å². The Labute approximate surface area is 159 Å². The summed E-state index contributed by atoms with van der Waals surface area (Å²) in [5.74, 6) is 1.89. The monoisotopic (exact) mass is 373 g/mol. The Hall–Kier alpha value is -1.95. The summed E-state index contributed by atoms with van der Waals surface area (Å²) in [7, 11) is 0.